The average Bonchev–Trinajstić information content (AvgIpc) is 3.23. The van der Waals surface area contributed by atoms with Crippen LogP contribution in [-0.2, 0) is 16.1 Å². The Kier molecular flexibility index (Phi) is 3.29. The quantitative estimate of drug-likeness (QED) is 0.942. The molecular weight excluding hydrogens is 276 g/mol. The molecule has 2 aliphatic rings. The van der Waals surface area contributed by atoms with Crippen LogP contribution in [0.5, 0.6) is 0 Å². The maximum absolute atomic E-state index is 12.0. The topological polar surface area (TPSA) is 50.7 Å². The van der Waals surface area contributed by atoms with Crippen molar-refractivity contribution in [2.24, 2.45) is 5.16 Å². The largest absolute Gasteiger partial charge is 0.382 e. The van der Waals surface area contributed by atoms with Crippen molar-refractivity contribution in [2.45, 2.75) is 37.8 Å². The highest BCUT2D eigenvalue weighted by Crippen LogP contribution is 2.23. The summed E-state index contributed by atoms with van der Waals surface area (Å²) in [5.41, 5.74) is 2.16. The van der Waals surface area contributed by atoms with Crippen LogP contribution in [-0.4, -0.2) is 23.8 Å². The number of amides is 1. The highest BCUT2D eigenvalue weighted by Gasteiger charge is 2.32. The Morgan fingerprint density at radius 1 is 1.18 bits per heavy atom. The number of rotatable bonds is 4. The Bertz CT molecular complexity index is 744. The maximum atomic E-state index is 12.0. The van der Waals surface area contributed by atoms with Crippen LogP contribution in [0.4, 0.5) is 0 Å². The van der Waals surface area contributed by atoms with Crippen LogP contribution in [0, 0.1) is 0 Å². The molecule has 1 unspecified atom stereocenters. The molecule has 0 aromatic heterocycles. The third kappa shape index (κ3) is 2.69. The van der Waals surface area contributed by atoms with Gasteiger partial charge < -0.3 is 10.2 Å². The van der Waals surface area contributed by atoms with Crippen molar-refractivity contribution in [3.05, 3.63) is 48.0 Å². The molecule has 4 heteroatoms. The number of hydrogen-bond donors (Lipinski definition) is 1. The molecule has 112 valence electrons. The van der Waals surface area contributed by atoms with Gasteiger partial charge in [-0.2, -0.15) is 0 Å². The zero-order valence-corrected chi connectivity index (χ0v) is 12.3. The Balaban J connectivity index is 1.46. The molecule has 2 aromatic rings. The molecule has 1 fully saturated rings. The molecule has 0 bridgehead atoms. The first-order valence-corrected chi connectivity index (χ1v) is 7.78. The molecule has 1 saturated carbocycles. The van der Waals surface area contributed by atoms with Gasteiger partial charge in [-0.3, -0.25) is 4.79 Å². The first-order valence-electron chi connectivity index (χ1n) is 7.78. The predicted octanol–water partition coefficient (Wildman–Crippen LogP) is 2.81. The Morgan fingerprint density at radius 2 is 2.00 bits per heavy atom. The summed E-state index contributed by atoms with van der Waals surface area (Å²) < 4.78 is 0. The molecule has 4 nitrogen and oxygen atoms in total. The third-order valence-corrected chi connectivity index (χ3v) is 4.22. The Morgan fingerprint density at radius 3 is 2.86 bits per heavy atom. The molecule has 1 heterocycles. The van der Waals surface area contributed by atoms with E-state index in [1.807, 2.05) is 12.1 Å². The van der Waals surface area contributed by atoms with Crippen molar-refractivity contribution < 1.29 is 9.63 Å². The molecule has 1 aliphatic carbocycles. The number of hydrogen-bond acceptors (Lipinski definition) is 3. The smallest absolute Gasteiger partial charge is 0.264 e. The Hall–Kier alpha value is -2.36. The number of oxime groups is 1. The number of carbonyl (C=O) groups is 1. The van der Waals surface area contributed by atoms with Crippen molar-refractivity contribution in [3.8, 4) is 0 Å². The highest BCUT2D eigenvalue weighted by molar-refractivity contribution is 5.97. The van der Waals surface area contributed by atoms with Gasteiger partial charge in [-0.15, -0.1) is 0 Å². The van der Waals surface area contributed by atoms with Crippen LogP contribution in [0.3, 0.4) is 0 Å². The molecule has 2 aromatic carbocycles. The van der Waals surface area contributed by atoms with E-state index in [0.29, 0.717) is 12.5 Å². The lowest BCUT2D eigenvalue weighted by Crippen LogP contribution is -2.36. The van der Waals surface area contributed by atoms with Gasteiger partial charge in [0.1, 0.15) is 0 Å². The van der Waals surface area contributed by atoms with E-state index >= 15 is 0 Å². The van der Waals surface area contributed by atoms with E-state index in [4.69, 9.17) is 4.84 Å². The molecule has 0 saturated heterocycles. The van der Waals surface area contributed by atoms with E-state index in [-0.39, 0.29) is 5.91 Å². The summed E-state index contributed by atoms with van der Waals surface area (Å²) in [6.07, 6.45) is 3.03. The van der Waals surface area contributed by atoms with Gasteiger partial charge in [0.25, 0.3) is 5.91 Å². The number of fused-ring (bicyclic) bond motifs is 1. The number of nitrogens with one attached hydrogen (secondary N) is 1. The highest BCUT2D eigenvalue weighted by atomic mass is 16.6. The monoisotopic (exact) mass is 294 g/mol. The van der Waals surface area contributed by atoms with Crippen LogP contribution in [0.15, 0.2) is 47.6 Å². The molecular formula is C18H18N2O2. The fourth-order valence-corrected chi connectivity index (χ4v) is 2.86. The van der Waals surface area contributed by atoms with Gasteiger partial charge in [0, 0.05) is 18.9 Å². The third-order valence-electron chi connectivity index (χ3n) is 4.22. The van der Waals surface area contributed by atoms with Gasteiger partial charge in [0.05, 0.1) is 5.71 Å². The predicted molar refractivity (Wildman–Crippen MR) is 85.7 cm³/mol. The zero-order valence-electron chi connectivity index (χ0n) is 12.3. The summed E-state index contributed by atoms with van der Waals surface area (Å²) in [4.78, 5) is 17.3. The molecule has 22 heavy (non-hydrogen) atoms. The van der Waals surface area contributed by atoms with Crippen LogP contribution in [0.2, 0.25) is 0 Å². The van der Waals surface area contributed by atoms with Gasteiger partial charge in [0.15, 0.2) is 0 Å². The lowest BCUT2D eigenvalue weighted by molar-refractivity contribution is -0.131. The minimum Gasteiger partial charge on any atom is -0.382 e. The second kappa shape index (κ2) is 5.44. The summed E-state index contributed by atoms with van der Waals surface area (Å²) in [6.45, 7) is 0. The molecule has 1 atom stereocenters. The zero-order chi connectivity index (χ0) is 14.9. The molecule has 4 rings (SSSR count). The van der Waals surface area contributed by atoms with Crippen LogP contribution in [0.25, 0.3) is 10.8 Å². The van der Waals surface area contributed by atoms with Gasteiger partial charge in [-0.25, -0.2) is 0 Å². The van der Waals surface area contributed by atoms with E-state index in [1.165, 1.54) is 16.3 Å². The SMILES string of the molecule is O=C(NC1CC1)C1CC(Cc2cccc3ccccc23)=NO1. The molecule has 0 spiro atoms. The summed E-state index contributed by atoms with van der Waals surface area (Å²) in [5, 5.41) is 9.56. The van der Waals surface area contributed by atoms with E-state index < -0.39 is 6.10 Å². The molecule has 1 aliphatic heterocycles. The van der Waals surface area contributed by atoms with Gasteiger partial charge in [0.2, 0.25) is 6.10 Å². The lowest BCUT2D eigenvalue weighted by atomic mass is 9.98. The van der Waals surface area contributed by atoms with Crippen LogP contribution < -0.4 is 5.32 Å². The van der Waals surface area contributed by atoms with Gasteiger partial charge in [-0.1, -0.05) is 47.6 Å². The molecule has 0 radical (unpaired) electrons. The normalized spacial score (nSPS) is 20.5. The summed E-state index contributed by atoms with van der Waals surface area (Å²) in [6, 6.07) is 15.0. The summed E-state index contributed by atoms with van der Waals surface area (Å²) in [5.74, 6) is -0.0285. The van der Waals surface area contributed by atoms with E-state index in [1.54, 1.807) is 0 Å². The number of nitrogens with zero attached hydrogens (tertiary/aromatic N) is 1. The average molecular weight is 294 g/mol. The lowest BCUT2D eigenvalue weighted by Gasteiger charge is -2.08. The number of carbonyl (C=O) groups excluding carboxylic acids is 1. The minimum absolute atomic E-state index is 0.0285. The van der Waals surface area contributed by atoms with Crippen molar-refractivity contribution in [3.63, 3.8) is 0 Å². The fourth-order valence-electron chi connectivity index (χ4n) is 2.86. The summed E-state index contributed by atoms with van der Waals surface area (Å²) >= 11 is 0. The van der Waals surface area contributed by atoms with Gasteiger partial charge >= 0.3 is 0 Å². The minimum atomic E-state index is -0.453. The van der Waals surface area contributed by atoms with E-state index in [9.17, 15) is 4.79 Å². The van der Waals surface area contributed by atoms with Gasteiger partial charge in [-0.05, 0) is 29.2 Å². The fraction of sp³-hybridized carbons (Fsp3) is 0.333. The van der Waals surface area contributed by atoms with E-state index in [0.717, 1.165) is 25.0 Å². The van der Waals surface area contributed by atoms with Crippen LogP contribution >= 0.6 is 0 Å². The molecule has 1 N–H and O–H groups in total. The second-order valence-electron chi connectivity index (χ2n) is 6.05. The van der Waals surface area contributed by atoms with Crippen molar-refractivity contribution in [1.82, 2.24) is 5.32 Å². The Labute approximate surface area is 129 Å². The maximum Gasteiger partial charge on any atom is 0.264 e. The number of benzene rings is 2. The standard InChI is InChI=1S/C18H18N2O2/c21-18(19-14-8-9-14)17-11-15(20-22-17)10-13-6-3-5-12-4-1-2-7-16(12)13/h1-7,14,17H,8-11H2,(H,19,21). The first-order chi connectivity index (χ1) is 10.8. The van der Waals surface area contributed by atoms with Crippen molar-refractivity contribution >= 4 is 22.4 Å². The van der Waals surface area contributed by atoms with Crippen LogP contribution in [0.1, 0.15) is 24.8 Å². The van der Waals surface area contributed by atoms with Crippen molar-refractivity contribution in [1.29, 1.82) is 0 Å². The second-order valence-corrected chi connectivity index (χ2v) is 6.05. The molecule has 1 amide bonds. The summed E-state index contributed by atoms with van der Waals surface area (Å²) in [7, 11) is 0. The van der Waals surface area contributed by atoms with E-state index in [2.05, 4.69) is 40.8 Å². The van der Waals surface area contributed by atoms with Crippen molar-refractivity contribution in [2.75, 3.05) is 0 Å². The first kappa shape index (κ1) is 13.3.